The van der Waals surface area contributed by atoms with E-state index < -0.39 is 7.14 Å². The normalized spacial score (nSPS) is 19.4. The maximum atomic E-state index is 13.8. The Balaban J connectivity index is 2.13. The Kier molecular flexibility index (Phi) is 2.42. The van der Waals surface area contributed by atoms with Crippen molar-refractivity contribution in [2.24, 2.45) is 0 Å². The van der Waals surface area contributed by atoms with E-state index in [1.165, 1.54) is 0 Å². The first-order chi connectivity index (χ1) is 9.82. The largest absolute Gasteiger partial charge is 0.307 e. The monoisotopic (exact) mass is 277 g/mol. The summed E-state index contributed by atoms with van der Waals surface area (Å²) in [7, 11) is -2.81. The Hall–Kier alpha value is -2.18. The third-order valence-corrected chi connectivity index (χ3v) is 6.78. The van der Waals surface area contributed by atoms with Crippen molar-refractivity contribution in [1.82, 2.24) is 4.98 Å². The Labute approximate surface area is 117 Å². The second-order valence-corrected chi connectivity index (χ2v) is 7.48. The van der Waals surface area contributed by atoms with Crippen LogP contribution in [0.15, 0.2) is 72.9 Å². The van der Waals surface area contributed by atoms with E-state index in [2.05, 4.69) is 4.98 Å². The van der Waals surface area contributed by atoms with Gasteiger partial charge in [-0.25, -0.2) is 0 Å². The molecule has 0 fully saturated rings. The van der Waals surface area contributed by atoms with Crippen LogP contribution in [-0.4, -0.2) is 4.98 Å². The number of benzene rings is 2. The summed E-state index contributed by atoms with van der Waals surface area (Å²) in [5, 5.41) is 1.75. The molecule has 20 heavy (non-hydrogen) atoms. The molecule has 96 valence electrons. The Morgan fingerprint density at radius 2 is 1.45 bits per heavy atom. The van der Waals surface area contributed by atoms with Crippen LogP contribution in [0.3, 0.4) is 0 Å². The lowest BCUT2D eigenvalue weighted by atomic mass is 10.1. The molecule has 0 aliphatic carbocycles. The predicted octanol–water partition coefficient (Wildman–Crippen LogP) is 2.70. The first-order valence-corrected chi connectivity index (χ1v) is 8.24. The first kappa shape index (κ1) is 11.6. The minimum Gasteiger partial charge on any atom is -0.307 e. The smallest absolute Gasteiger partial charge is 0.189 e. The molecule has 0 amide bonds. The van der Waals surface area contributed by atoms with Gasteiger partial charge in [0, 0.05) is 22.4 Å². The number of nitrogens with zero attached hydrogens (tertiary/aromatic N) is 1. The summed E-state index contributed by atoms with van der Waals surface area (Å²) < 4.78 is 13.8. The van der Waals surface area contributed by atoms with Crippen LogP contribution in [0.4, 0.5) is 0 Å². The molecule has 2 nitrogen and oxygen atoms in total. The van der Waals surface area contributed by atoms with E-state index in [1.54, 1.807) is 6.20 Å². The lowest BCUT2D eigenvalue weighted by Gasteiger charge is -2.14. The summed E-state index contributed by atoms with van der Waals surface area (Å²) in [6, 6.07) is 21.5. The van der Waals surface area contributed by atoms with Crippen LogP contribution in [0, 0.1) is 0 Å². The summed E-state index contributed by atoms with van der Waals surface area (Å²) in [6.07, 6.45) is 1.72. The minimum atomic E-state index is -2.81. The van der Waals surface area contributed by atoms with Crippen LogP contribution in [-0.2, 0) is 4.57 Å². The molecule has 1 aromatic heterocycles. The van der Waals surface area contributed by atoms with Gasteiger partial charge in [-0.2, -0.15) is 0 Å². The van der Waals surface area contributed by atoms with Gasteiger partial charge in [0.2, 0.25) is 0 Å². The van der Waals surface area contributed by atoms with Crippen LogP contribution in [0.5, 0.6) is 0 Å². The van der Waals surface area contributed by atoms with Crippen molar-refractivity contribution in [3.63, 3.8) is 0 Å². The lowest BCUT2D eigenvalue weighted by Crippen LogP contribution is -2.22. The van der Waals surface area contributed by atoms with Gasteiger partial charge in [0.25, 0.3) is 0 Å². The van der Waals surface area contributed by atoms with E-state index in [1.807, 2.05) is 66.7 Å². The van der Waals surface area contributed by atoms with Gasteiger partial charge in [0.1, 0.15) is 5.44 Å². The highest BCUT2D eigenvalue weighted by atomic mass is 31.2. The number of aromatic nitrogens is 1. The van der Waals surface area contributed by atoms with Crippen molar-refractivity contribution < 1.29 is 4.57 Å². The quantitative estimate of drug-likeness (QED) is 0.501. The van der Waals surface area contributed by atoms with Crippen LogP contribution in [0.25, 0.3) is 11.1 Å². The van der Waals surface area contributed by atoms with E-state index in [4.69, 9.17) is 0 Å². The summed E-state index contributed by atoms with van der Waals surface area (Å²) in [6.45, 7) is 0. The van der Waals surface area contributed by atoms with Gasteiger partial charge in [0.05, 0.1) is 0 Å². The minimum absolute atomic E-state index is 0.715. The molecule has 1 atom stereocenters. The standard InChI is InChI=1S/C17H12NOP/c19-20(13-7-2-1-3-8-13)16-11-5-4-9-14(16)15-10-6-12-18-17(15)20/h1-12H/t20-/m1/s1. The molecule has 0 saturated carbocycles. The highest BCUT2D eigenvalue weighted by molar-refractivity contribution is 7.86. The van der Waals surface area contributed by atoms with Crippen molar-refractivity contribution in [1.29, 1.82) is 0 Å². The molecule has 1 aliphatic rings. The Morgan fingerprint density at radius 3 is 2.30 bits per heavy atom. The molecule has 4 rings (SSSR count). The molecule has 0 N–H and O–H groups in total. The topological polar surface area (TPSA) is 30.0 Å². The number of fused-ring (bicyclic) bond motifs is 3. The third kappa shape index (κ3) is 1.40. The van der Waals surface area contributed by atoms with Crippen molar-refractivity contribution in [3.05, 3.63) is 72.9 Å². The zero-order chi connectivity index (χ0) is 13.6. The molecule has 1 aliphatic heterocycles. The molecule has 0 unspecified atom stereocenters. The van der Waals surface area contributed by atoms with Crippen LogP contribution in [0.2, 0.25) is 0 Å². The highest BCUT2D eigenvalue weighted by Crippen LogP contribution is 2.50. The fourth-order valence-corrected chi connectivity index (χ4v) is 5.78. The zero-order valence-corrected chi connectivity index (χ0v) is 11.6. The van der Waals surface area contributed by atoms with E-state index in [0.717, 1.165) is 21.7 Å². The summed E-state index contributed by atoms with van der Waals surface area (Å²) in [5.41, 5.74) is 2.76. The second-order valence-electron chi connectivity index (χ2n) is 4.84. The van der Waals surface area contributed by atoms with Crippen LogP contribution in [0.1, 0.15) is 0 Å². The molecule has 3 heteroatoms. The molecular weight excluding hydrogens is 265 g/mol. The van der Waals surface area contributed by atoms with Crippen LogP contribution < -0.4 is 16.0 Å². The fraction of sp³-hybridized carbons (Fsp3) is 0. The Morgan fingerprint density at radius 1 is 0.750 bits per heavy atom. The molecule has 0 radical (unpaired) electrons. The summed E-state index contributed by atoms with van der Waals surface area (Å²) in [4.78, 5) is 4.44. The molecule has 0 spiro atoms. The highest BCUT2D eigenvalue weighted by Gasteiger charge is 2.40. The molecule has 0 saturated heterocycles. The van der Waals surface area contributed by atoms with E-state index in [0.29, 0.717) is 5.44 Å². The maximum absolute atomic E-state index is 13.8. The van der Waals surface area contributed by atoms with E-state index in [9.17, 15) is 4.57 Å². The second kappa shape index (κ2) is 4.16. The van der Waals surface area contributed by atoms with Gasteiger partial charge in [-0.1, -0.05) is 60.7 Å². The van der Waals surface area contributed by atoms with Gasteiger partial charge in [-0.15, -0.1) is 0 Å². The van der Waals surface area contributed by atoms with Gasteiger partial charge < -0.3 is 4.57 Å². The van der Waals surface area contributed by atoms with Crippen molar-refractivity contribution in [2.45, 2.75) is 0 Å². The van der Waals surface area contributed by atoms with Crippen molar-refractivity contribution in [3.8, 4) is 11.1 Å². The predicted molar refractivity (Wildman–Crippen MR) is 82.6 cm³/mol. The van der Waals surface area contributed by atoms with Crippen molar-refractivity contribution >= 4 is 23.2 Å². The fourth-order valence-electron chi connectivity index (χ4n) is 2.85. The van der Waals surface area contributed by atoms with E-state index >= 15 is 0 Å². The number of rotatable bonds is 1. The summed E-state index contributed by atoms with van der Waals surface area (Å²) >= 11 is 0. The van der Waals surface area contributed by atoms with Crippen LogP contribution >= 0.6 is 7.14 Å². The van der Waals surface area contributed by atoms with Gasteiger partial charge >= 0.3 is 0 Å². The first-order valence-electron chi connectivity index (χ1n) is 6.53. The number of hydrogen-bond donors (Lipinski definition) is 0. The number of pyridine rings is 1. The van der Waals surface area contributed by atoms with Gasteiger partial charge in [-0.3, -0.25) is 4.98 Å². The van der Waals surface area contributed by atoms with Crippen molar-refractivity contribution in [2.75, 3.05) is 0 Å². The average Bonchev–Trinajstić information content (AvgIpc) is 2.80. The molecule has 3 aromatic rings. The molecular formula is C17H12NOP. The van der Waals surface area contributed by atoms with Gasteiger partial charge in [-0.05, 0) is 11.6 Å². The van der Waals surface area contributed by atoms with Gasteiger partial charge in [0.15, 0.2) is 7.14 Å². The molecule has 2 aromatic carbocycles. The number of hydrogen-bond acceptors (Lipinski definition) is 2. The molecule has 2 heterocycles. The lowest BCUT2D eigenvalue weighted by molar-refractivity contribution is 0.592. The Bertz CT molecular complexity index is 793. The third-order valence-electron chi connectivity index (χ3n) is 3.74. The SMILES string of the molecule is O=[P@]1(c2ccccc2)c2ccccc2-c2cccnc21. The average molecular weight is 277 g/mol. The zero-order valence-electron chi connectivity index (χ0n) is 10.7. The maximum Gasteiger partial charge on any atom is 0.189 e. The molecule has 0 bridgehead atoms. The van der Waals surface area contributed by atoms with E-state index in [-0.39, 0.29) is 0 Å². The summed E-state index contributed by atoms with van der Waals surface area (Å²) in [5.74, 6) is 0.